The van der Waals surface area contributed by atoms with Crippen molar-refractivity contribution in [2.24, 2.45) is 10.8 Å². The van der Waals surface area contributed by atoms with Crippen molar-refractivity contribution in [1.29, 1.82) is 0 Å². The lowest BCUT2D eigenvalue weighted by atomic mass is 10.2. The molecule has 2 N–H and O–H groups in total. The minimum absolute atomic E-state index is 0.577. The van der Waals surface area contributed by atoms with Crippen LogP contribution in [0.25, 0.3) is 0 Å². The second-order valence-electron chi connectivity index (χ2n) is 3.00. The molecule has 14 heavy (non-hydrogen) atoms. The van der Waals surface area contributed by atoms with Crippen LogP contribution in [-0.4, -0.2) is 23.9 Å². The summed E-state index contributed by atoms with van der Waals surface area (Å²) < 4.78 is 0. The van der Waals surface area contributed by atoms with E-state index in [-0.39, 0.29) is 0 Å². The van der Waals surface area contributed by atoms with Crippen LogP contribution in [0.4, 0.5) is 0 Å². The van der Waals surface area contributed by atoms with Crippen molar-refractivity contribution in [2.45, 2.75) is 0 Å². The van der Waals surface area contributed by atoms with Crippen LogP contribution in [0.1, 0.15) is 5.56 Å². The molecule has 0 saturated heterocycles. The molecule has 0 radical (unpaired) electrons. The molecule has 0 aromatic heterocycles. The third kappa shape index (κ3) is 1.59. The summed E-state index contributed by atoms with van der Waals surface area (Å²) in [6.45, 7) is 1.39. The minimum Gasteiger partial charge on any atom is -0.293 e. The highest BCUT2D eigenvalue weighted by Gasteiger charge is 2.20. The van der Waals surface area contributed by atoms with Gasteiger partial charge in [0.1, 0.15) is 5.84 Å². The molecule has 0 amide bonds. The maximum atomic E-state index is 6.03. The summed E-state index contributed by atoms with van der Waals surface area (Å²) >= 11 is 12.1. The third-order valence-corrected chi connectivity index (χ3v) is 2.69. The molecular weight excluding hydrogens is 221 g/mol. The summed E-state index contributed by atoms with van der Waals surface area (Å²) in [5.41, 5.74) is 0.718. The van der Waals surface area contributed by atoms with E-state index in [2.05, 4.69) is 4.99 Å². The fraction of sp³-hybridized carbons (Fsp3) is 0.222. The van der Waals surface area contributed by atoms with E-state index in [9.17, 15) is 0 Å². The molecular formula is C9H9Cl2N3. The molecule has 0 unspecified atom stereocenters. The number of hydrogen-bond acceptors (Lipinski definition) is 3. The Hall–Kier alpha value is -0.770. The second-order valence-corrected chi connectivity index (χ2v) is 3.81. The van der Waals surface area contributed by atoms with E-state index in [1.807, 2.05) is 0 Å². The fourth-order valence-corrected chi connectivity index (χ4v) is 1.96. The van der Waals surface area contributed by atoms with E-state index in [4.69, 9.17) is 29.0 Å². The Morgan fingerprint density at radius 3 is 2.43 bits per heavy atom. The van der Waals surface area contributed by atoms with Gasteiger partial charge in [-0.3, -0.25) is 10.0 Å². The number of nitrogens with zero attached hydrogens (tertiary/aromatic N) is 2. The monoisotopic (exact) mass is 229 g/mol. The molecule has 1 aromatic carbocycles. The lowest BCUT2D eigenvalue weighted by Gasteiger charge is -2.15. The maximum Gasteiger partial charge on any atom is 0.148 e. The van der Waals surface area contributed by atoms with Gasteiger partial charge in [0.2, 0.25) is 0 Å². The lowest BCUT2D eigenvalue weighted by Crippen LogP contribution is -2.35. The summed E-state index contributed by atoms with van der Waals surface area (Å²) in [4.78, 5) is 4.26. The first-order valence-corrected chi connectivity index (χ1v) is 4.97. The highest BCUT2D eigenvalue weighted by Crippen LogP contribution is 2.26. The molecule has 5 heteroatoms. The maximum absolute atomic E-state index is 6.03. The highest BCUT2D eigenvalue weighted by atomic mass is 35.5. The van der Waals surface area contributed by atoms with Crippen LogP contribution < -0.4 is 5.84 Å². The van der Waals surface area contributed by atoms with Gasteiger partial charge in [0.25, 0.3) is 0 Å². The second kappa shape index (κ2) is 3.77. The van der Waals surface area contributed by atoms with Crippen LogP contribution in [0, 0.1) is 0 Å². The Labute approximate surface area is 92.1 Å². The van der Waals surface area contributed by atoms with Crippen molar-refractivity contribution in [3.8, 4) is 0 Å². The molecule has 1 aromatic rings. The molecule has 0 spiro atoms. The normalized spacial score (nSPS) is 15.9. The highest BCUT2D eigenvalue weighted by molar-refractivity contribution is 6.40. The zero-order valence-electron chi connectivity index (χ0n) is 7.37. The Morgan fingerprint density at radius 1 is 1.29 bits per heavy atom. The Morgan fingerprint density at radius 2 is 1.93 bits per heavy atom. The number of hydrogen-bond donors (Lipinski definition) is 1. The van der Waals surface area contributed by atoms with Gasteiger partial charge in [-0.25, -0.2) is 5.84 Å². The van der Waals surface area contributed by atoms with E-state index in [1.165, 1.54) is 0 Å². The lowest BCUT2D eigenvalue weighted by molar-refractivity contribution is 0.484. The van der Waals surface area contributed by atoms with Crippen molar-refractivity contribution in [3.05, 3.63) is 33.8 Å². The SMILES string of the molecule is NN1CCN=C1c1c(Cl)cccc1Cl. The van der Waals surface area contributed by atoms with E-state index in [0.717, 1.165) is 5.56 Å². The van der Waals surface area contributed by atoms with Crippen molar-refractivity contribution in [1.82, 2.24) is 5.01 Å². The van der Waals surface area contributed by atoms with Gasteiger partial charge in [-0.2, -0.15) is 0 Å². The number of benzene rings is 1. The molecule has 0 aliphatic carbocycles. The van der Waals surface area contributed by atoms with Crippen LogP contribution in [-0.2, 0) is 0 Å². The average Bonchev–Trinajstić information content (AvgIpc) is 2.52. The van der Waals surface area contributed by atoms with Gasteiger partial charge in [-0.1, -0.05) is 29.3 Å². The largest absolute Gasteiger partial charge is 0.293 e. The predicted octanol–water partition coefficient (Wildman–Crippen LogP) is 1.93. The van der Waals surface area contributed by atoms with Gasteiger partial charge in [0.15, 0.2) is 0 Å². The zero-order chi connectivity index (χ0) is 10.1. The summed E-state index contributed by atoms with van der Waals surface area (Å²) in [5.74, 6) is 6.40. The molecule has 2 rings (SSSR count). The van der Waals surface area contributed by atoms with Gasteiger partial charge in [-0.05, 0) is 12.1 Å². The number of amidine groups is 1. The first-order chi connectivity index (χ1) is 6.70. The van der Waals surface area contributed by atoms with Crippen molar-refractivity contribution in [3.63, 3.8) is 0 Å². The molecule has 1 aliphatic rings. The molecule has 3 nitrogen and oxygen atoms in total. The van der Waals surface area contributed by atoms with Gasteiger partial charge in [-0.15, -0.1) is 0 Å². The van der Waals surface area contributed by atoms with E-state index >= 15 is 0 Å². The summed E-state index contributed by atoms with van der Waals surface area (Å²) in [6, 6.07) is 5.35. The van der Waals surface area contributed by atoms with Gasteiger partial charge < -0.3 is 0 Å². The van der Waals surface area contributed by atoms with Crippen LogP contribution >= 0.6 is 23.2 Å². The molecule has 74 valence electrons. The number of aliphatic imine (C=N–C) groups is 1. The van der Waals surface area contributed by atoms with Gasteiger partial charge >= 0.3 is 0 Å². The van der Waals surface area contributed by atoms with E-state index in [0.29, 0.717) is 29.0 Å². The van der Waals surface area contributed by atoms with Crippen molar-refractivity contribution >= 4 is 29.0 Å². The third-order valence-electron chi connectivity index (χ3n) is 2.06. The minimum atomic E-state index is 0.577. The van der Waals surface area contributed by atoms with Crippen LogP contribution in [0.5, 0.6) is 0 Å². The topological polar surface area (TPSA) is 41.6 Å². The Bertz CT molecular complexity index is 369. The smallest absolute Gasteiger partial charge is 0.148 e. The molecule has 0 fully saturated rings. The van der Waals surface area contributed by atoms with Crippen LogP contribution in [0.2, 0.25) is 10.0 Å². The van der Waals surface area contributed by atoms with Crippen LogP contribution in [0.3, 0.4) is 0 Å². The molecule has 1 heterocycles. The van der Waals surface area contributed by atoms with Crippen molar-refractivity contribution < 1.29 is 0 Å². The summed E-state index contributed by atoms with van der Waals surface area (Å²) in [7, 11) is 0. The van der Waals surface area contributed by atoms with Crippen molar-refractivity contribution in [2.75, 3.05) is 13.1 Å². The van der Waals surface area contributed by atoms with Crippen LogP contribution in [0.15, 0.2) is 23.2 Å². The standard InChI is InChI=1S/C9H9Cl2N3/c10-6-2-1-3-7(11)8(6)9-13-4-5-14(9)12/h1-3H,4-5,12H2. The number of hydrazine groups is 1. The first kappa shape index (κ1) is 9.77. The Balaban J connectivity index is 2.50. The molecule has 0 bridgehead atoms. The number of nitrogens with two attached hydrogens (primary N) is 1. The zero-order valence-corrected chi connectivity index (χ0v) is 8.89. The predicted molar refractivity (Wildman–Crippen MR) is 58.8 cm³/mol. The van der Waals surface area contributed by atoms with E-state index in [1.54, 1.807) is 23.2 Å². The average molecular weight is 230 g/mol. The Kier molecular flexibility index (Phi) is 2.63. The molecule has 1 aliphatic heterocycles. The number of halogens is 2. The quantitative estimate of drug-likeness (QED) is 0.749. The first-order valence-electron chi connectivity index (χ1n) is 4.21. The van der Waals surface area contributed by atoms with Gasteiger partial charge in [0, 0.05) is 0 Å². The number of rotatable bonds is 1. The molecule has 0 atom stereocenters. The summed E-state index contributed by atoms with van der Waals surface area (Å²) in [6.07, 6.45) is 0. The fourth-order valence-electron chi connectivity index (χ4n) is 1.39. The van der Waals surface area contributed by atoms with E-state index < -0.39 is 0 Å². The summed E-state index contributed by atoms with van der Waals surface area (Å²) in [5, 5.41) is 2.72. The molecule has 0 saturated carbocycles. The van der Waals surface area contributed by atoms with Gasteiger partial charge in [0.05, 0.1) is 28.7 Å².